The smallest absolute Gasteiger partial charge is 0.0929 e. The van der Waals surface area contributed by atoms with E-state index in [-0.39, 0.29) is 0 Å². The Morgan fingerprint density at radius 2 is 2.06 bits per heavy atom. The number of H-pyrrole nitrogens is 1. The van der Waals surface area contributed by atoms with Crippen LogP contribution in [0.25, 0.3) is 6.08 Å². The first-order valence-electron chi connectivity index (χ1n) is 5.90. The van der Waals surface area contributed by atoms with Gasteiger partial charge in [0.2, 0.25) is 0 Å². The van der Waals surface area contributed by atoms with Gasteiger partial charge < -0.3 is 4.98 Å². The van der Waals surface area contributed by atoms with Crippen molar-refractivity contribution in [3.05, 3.63) is 58.7 Å². The van der Waals surface area contributed by atoms with Crippen LogP contribution in [0.5, 0.6) is 0 Å². The number of imidazole rings is 1. The van der Waals surface area contributed by atoms with E-state index < -0.39 is 0 Å². The highest BCUT2D eigenvalue weighted by Gasteiger charge is 1.99. The SMILES string of the molecule is Cc1cccc(CC=Cc2nc[nH]c2C)c1C. The zero-order valence-electron chi connectivity index (χ0n) is 10.6. The van der Waals surface area contributed by atoms with Gasteiger partial charge >= 0.3 is 0 Å². The highest BCUT2D eigenvalue weighted by Crippen LogP contribution is 2.14. The summed E-state index contributed by atoms with van der Waals surface area (Å²) in [5.74, 6) is 0. The number of aromatic amines is 1. The van der Waals surface area contributed by atoms with Crippen LogP contribution < -0.4 is 0 Å². The van der Waals surface area contributed by atoms with E-state index in [1.54, 1.807) is 6.33 Å². The van der Waals surface area contributed by atoms with Gasteiger partial charge in [-0.05, 0) is 50.0 Å². The lowest BCUT2D eigenvalue weighted by atomic mass is 10.0. The summed E-state index contributed by atoms with van der Waals surface area (Å²) in [6, 6.07) is 6.45. The number of nitrogens with one attached hydrogen (secondary N) is 1. The monoisotopic (exact) mass is 226 g/mol. The Morgan fingerprint density at radius 1 is 1.24 bits per heavy atom. The normalized spacial score (nSPS) is 11.2. The largest absolute Gasteiger partial charge is 0.348 e. The van der Waals surface area contributed by atoms with E-state index >= 15 is 0 Å². The summed E-state index contributed by atoms with van der Waals surface area (Å²) in [4.78, 5) is 7.32. The highest BCUT2D eigenvalue weighted by molar-refractivity contribution is 5.48. The number of benzene rings is 1. The molecule has 17 heavy (non-hydrogen) atoms. The van der Waals surface area contributed by atoms with Crippen LogP contribution >= 0.6 is 0 Å². The van der Waals surface area contributed by atoms with Gasteiger partial charge in [0.05, 0.1) is 12.0 Å². The molecule has 0 radical (unpaired) electrons. The van der Waals surface area contributed by atoms with Crippen molar-refractivity contribution in [1.29, 1.82) is 0 Å². The van der Waals surface area contributed by atoms with Crippen molar-refractivity contribution < 1.29 is 0 Å². The Bertz CT molecular complexity index is 536. The Morgan fingerprint density at radius 3 is 2.76 bits per heavy atom. The first-order chi connectivity index (χ1) is 8.18. The van der Waals surface area contributed by atoms with Crippen LogP contribution in [-0.4, -0.2) is 9.97 Å². The minimum atomic E-state index is 0.958. The molecule has 2 nitrogen and oxygen atoms in total. The van der Waals surface area contributed by atoms with Crippen LogP contribution in [0.1, 0.15) is 28.1 Å². The zero-order valence-corrected chi connectivity index (χ0v) is 10.6. The van der Waals surface area contributed by atoms with E-state index in [9.17, 15) is 0 Å². The molecule has 2 aromatic rings. The van der Waals surface area contributed by atoms with Crippen LogP contribution in [0.4, 0.5) is 0 Å². The van der Waals surface area contributed by atoms with Crippen molar-refractivity contribution in [1.82, 2.24) is 9.97 Å². The van der Waals surface area contributed by atoms with Crippen molar-refractivity contribution in [2.24, 2.45) is 0 Å². The molecule has 0 aliphatic carbocycles. The fraction of sp³-hybridized carbons (Fsp3) is 0.267. The van der Waals surface area contributed by atoms with E-state index in [0.717, 1.165) is 17.8 Å². The molecule has 1 N–H and O–H groups in total. The number of allylic oxidation sites excluding steroid dienone is 1. The molecule has 1 aromatic carbocycles. The van der Waals surface area contributed by atoms with Crippen molar-refractivity contribution >= 4 is 6.08 Å². The predicted octanol–water partition coefficient (Wildman–Crippen LogP) is 3.59. The van der Waals surface area contributed by atoms with E-state index in [1.807, 2.05) is 6.92 Å². The zero-order chi connectivity index (χ0) is 12.3. The minimum Gasteiger partial charge on any atom is -0.348 e. The third kappa shape index (κ3) is 2.64. The standard InChI is InChI=1S/C15H18N2/c1-11-6-4-7-14(12(11)2)8-5-9-15-13(3)16-10-17-15/h4-7,9-10H,8H2,1-3H3,(H,16,17). The predicted molar refractivity (Wildman–Crippen MR) is 72.0 cm³/mol. The number of rotatable bonds is 3. The summed E-state index contributed by atoms with van der Waals surface area (Å²) in [6.45, 7) is 6.36. The van der Waals surface area contributed by atoms with Gasteiger partial charge in [-0.1, -0.05) is 24.3 Å². The van der Waals surface area contributed by atoms with Gasteiger partial charge in [-0.3, -0.25) is 0 Å². The van der Waals surface area contributed by atoms with Crippen LogP contribution in [0.15, 0.2) is 30.6 Å². The molecule has 0 amide bonds. The van der Waals surface area contributed by atoms with E-state index in [4.69, 9.17) is 0 Å². The maximum Gasteiger partial charge on any atom is 0.0929 e. The van der Waals surface area contributed by atoms with Gasteiger partial charge in [0.15, 0.2) is 0 Å². The first kappa shape index (κ1) is 11.6. The van der Waals surface area contributed by atoms with Crippen molar-refractivity contribution in [3.8, 4) is 0 Å². The summed E-state index contributed by atoms with van der Waals surface area (Å²) < 4.78 is 0. The number of aromatic nitrogens is 2. The first-order valence-corrected chi connectivity index (χ1v) is 5.90. The second kappa shape index (κ2) is 5.00. The van der Waals surface area contributed by atoms with Crippen LogP contribution in [0.2, 0.25) is 0 Å². The van der Waals surface area contributed by atoms with Gasteiger partial charge in [-0.15, -0.1) is 0 Å². The lowest BCUT2D eigenvalue weighted by molar-refractivity contribution is 1.18. The fourth-order valence-electron chi connectivity index (χ4n) is 1.87. The van der Waals surface area contributed by atoms with Gasteiger partial charge in [-0.25, -0.2) is 4.98 Å². The van der Waals surface area contributed by atoms with Crippen LogP contribution in [0, 0.1) is 20.8 Å². The molecule has 2 rings (SSSR count). The lowest BCUT2D eigenvalue weighted by Crippen LogP contribution is -1.89. The Balaban J connectivity index is 2.10. The maximum absolute atomic E-state index is 4.24. The molecule has 0 fully saturated rings. The third-order valence-electron chi connectivity index (χ3n) is 3.20. The molecule has 0 atom stereocenters. The van der Waals surface area contributed by atoms with Gasteiger partial charge in [0.25, 0.3) is 0 Å². The number of hydrogen-bond donors (Lipinski definition) is 1. The molecule has 0 aliphatic heterocycles. The van der Waals surface area contributed by atoms with Gasteiger partial charge in [0, 0.05) is 5.69 Å². The lowest BCUT2D eigenvalue weighted by Gasteiger charge is -2.05. The molecular formula is C15H18N2. The molecule has 0 unspecified atom stereocenters. The summed E-state index contributed by atoms with van der Waals surface area (Å²) in [5.41, 5.74) is 6.26. The second-order valence-corrected chi connectivity index (χ2v) is 4.38. The topological polar surface area (TPSA) is 28.7 Å². The molecule has 0 aliphatic rings. The summed E-state index contributed by atoms with van der Waals surface area (Å²) in [5, 5.41) is 0. The average Bonchev–Trinajstić information content (AvgIpc) is 2.71. The van der Waals surface area contributed by atoms with Crippen LogP contribution in [0.3, 0.4) is 0 Å². The molecule has 1 aromatic heterocycles. The minimum absolute atomic E-state index is 0.958. The maximum atomic E-state index is 4.24. The molecule has 2 heteroatoms. The third-order valence-corrected chi connectivity index (χ3v) is 3.20. The number of hydrogen-bond acceptors (Lipinski definition) is 1. The molecule has 0 saturated heterocycles. The fourth-order valence-corrected chi connectivity index (χ4v) is 1.87. The second-order valence-electron chi connectivity index (χ2n) is 4.38. The Kier molecular flexibility index (Phi) is 3.43. The van der Waals surface area contributed by atoms with E-state index in [0.29, 0.717) is 0 Å². The molecule has 0 saturated carbocycles. The number of aryl methyl sites for hydroxylation is 2. The molecule has 88 valence electrons. The summed E-state index contributed by atoms with van der Waals surface area (Å²) in [7, 11) is 0. The molecule has 0 spiro atoms. The van der Waals surface area contributed by atoms with Crippen molar-refractivity contribution in [2.45, 2.75) is 27.2 Å². The van der Waals surface area contributed by atoms with Crippen molar-refractivity contribution in [3.63, 3.8) is 0 Å². The van der Waals surface area contributed by atoms with Gasteiger partial charge in [0.1, 0.15) is 0 Å². The molecule has 0 bridgehead atoms. The number of nitrogens with zero attached hydrogens (tertiary/aromatic N) is 1. The molecular weight excluding hydrogens is 208 g/mol. The molecule has 1 heterocycles. The van der Waals surface area contributed by atoms with E-state index in [2.05, 4.69) is 54.2 Å². The van der Waals surface area contributed by atoms with E-state index in [1.165, 1.54) is 16.7 Å². The highest BCUT2D eigenvalue weighted by atomic mass is 14.9. The quantitative estimate of drug-likeness (QED) is 0.851. The Hall–Kier alpha value is -1.83. The Labute approximate surface area is 102 Å². The average molecular weight is 226 g/mol. The van der Waals surface area contributed by atoms with Crippen LogP contribution in [-0.2, 0) is 6.42 Å². The van der Waals surface area contributed by atoms with Crippen molar-refractivity contribution in [2.75, 3.05) is 0 Å². The van der Waals surface area contributed by atoms with Gasteiger partial charge in [-0.2, -0.15) is 0 Å². The summed E-state index contributed by atoms with van der Waals surface area (Å²) >= 11 is 0. The summed E-state index contributed by atoms with van der Waals surface area (Å²) in [6.07, 6.45) is 6.94.